The van der Waals surface area contributed by atoms with Crippen LogP contribution in [0.15, 0.2) is 0 Å². The predicted octanol–water partition coefficient (Wildman–Crippen LogP) is 5.11. The molecular formula is C22H44NiO4+4. The minimum Gasteiger partial charge on any atom is -0.282 e. The Morgan fingerprint density at radius 1 is 0.407 bits per heavy atom. The van der Waals surface area contributed by atoms with Gasteiger partial charge in [-0.05, 0) is 83.1 Å². The molecule has 0 fully saturated rings. The van der Waals surface area contributed by atoms with E-state index in [1.54, 1.807) is 0 Å². The van der Waals surface area contributed by atoms with Crippen LogP contribution in [0.2, 0.25) is 0 Å². The fourth-order valence-electron chi connectivity index (χ4n) is 1.38. The molecule has 4 N–H and O–H groups in total. The molecule has 0 unspecified atom stereocenters. The smallest absolute Gasteiger partial charge is 0.282 e. The van der Waals surface area contributed by atoms with Crippen molar-refractivity contribution in [1.82, 2.24) is 0 Å². The average Bonchev–Trinajstić information content (AvgIpc) is 2.34. The van der Waals surface area contributed by atoms with Crippen molar-refractivity contribution in [2.24, 2.45) is 21.7 Å². The first-order valence-electron chi connectivity index (χ1n) is 9.31. The first kappa shape index (κ1) is 30.9. The third kappa shape index (κ3) is 13.9. The Bertz CT molecular complexity index is 435. The molecule has 27 heavy (non-hydrogen) atoms. The Kier molecular flexibility index (Phi) is 12.2. The Hall–Kier alpha value is -0.826. The third-order valence-electron chi connectivity index (χ3n) is 4.13. The average molecular weight is 431 g/mol. The molecule has 0 amide bonds. The Labute approximate surface area is 176 Å². The van der Waals surface area contributed by atoms with Gasteiger partial charge in [-0.15, -0.1) is 0 Å². The van der Waals surface area contributed by atoms with Gasteiger partial charge in [0.25, 0.3) is 0 Å². The van der Waals surface area contributed by atoms with Gasteiger partial charge < -0.3 is 0 Å². The van der Waals surface area contributed by atoms with Crippen LogP contribution in [0.5, 0.6) is 0 Å². The van der Waals surface area contributed by atoms with Crippen molar-refractivity contribution in [1.29, 1.82) is 0 Å². The summed E-state index contributed by atoms with van der Waals surface area (Å²) in [6, 6.07) is 0. The van der Waals surface area contributed by atoms with Crippen molar-refractivity contribution in [3.8, 4) is 0 Å². The van der Waals surface area contributed by atoms with Crippen LogP contribution in [0.1, 0.15) is 95.9 Å². The summed E-state index contributed by atoms with van der Waals surface area (Å²) in [5.41, 5.74) is -1.00. The number of hydrogen-bond donors (Lipinski definition) is 0. The second-order valence-corrected chi connectivity index (χ2v) is 11.1. The zero-order chi connectivity index (χ0) is 21.7. The summed E-state index contributed by atoms with van der Waals surface area (Å²) >= 11 is 0. The molecule has 0 aliphatic carbocycles. The van der Waals surface area contributed by atoms with Crippen LogP contribution in [0.4, 0.5) is 0 Å². The maximum absolute atomic E-state index is 9.66. The van der Waals surface area contributed by atoms with Crippen molar-refractivity contribution in [2.45, 2.75) is 95.9 Å². The maximum atomic E-state index is 9.66. The van der Waals surface area contributed by atoms with E-state index in [1.165, 1.54) is 0 Å². The Morgan fingerprint density at radius 2 is 0.519 bits per heavy atom. The fourth-order valence-corrected chi connectivity index (χ4v) is 1.38. The van der Waals surface area contributed by atoms with Crippen LogP contribution in [0, 0.1) is 21.7 Å². The maximum Gasteiger partial charge on any atom is 0.311 e. The van der Waals surface area contributed by atoms with Gasteiger partial charge in [-0.3, -0.25) is 19.2 Å². The van der Waals surface area contributed by atoms with Gasteiger partial charge in [0, 0.05) is 16.5 Å². The number of hydrogen-bond acceptors (Lipinski definition) is 0. The SMILES string of the molecule is CC(C)(C)C(=[OH+])CC(=[OH+])C(C)(C)C.CC(C)(C)C(=[OH+])CC(=[OH+])C(C)(C)C.[Ni]. The largest absolute Gasteiger partial charge is 0.311 e. The summed E-state index contributed by atoms with van der Waals surface area (Å²) in [6.45, 7) is 23.1. The van der Waals surface area contributed by atoms with Crippen molar-refractivity contribution < 1.29 is 35.7 Å². The van der Waals surface area contributed by atoms with E-state index in [0.29, 0.717) is 23.1 Å². The van der Waals surface area contributed by atoms with E-state index in [9.17, 15) is 19.2 Å². The quantitative estimate of drug-likeness (QED) is 0.336. The molecule has 0 aromatic carbocycles. The van der Waals surface area contributed by atoms with Crippen LogP contribution < -0.4 is 0 Å². The molecular weight excluding hydrogens is 387 g/mol. The first-order valence-corrected chi connectivity index (χ1v) is 9.31. The fraction of sp³-hybridized carbons (Fsp3) is 0.818. The molecule has 0 saturated heterocycles. The van der Waals surface area contributed by atoms with Crippen molar-refractivity contribution in [3.05, 3.63) is 0 Å². The zero-order valence-corrected chi connectivity index (χ0v) is 20.5. The molecule has 0 bridgehead atoms. The molecule has 4 nitrogen and oxygen atoms in total. The van der Waals surface area contributed by atoms with E-state index in [1.807, 2.05) is 83.1 Å². The molecule has 0 radical (unpaired) electrons. The van der Waals surface area contributed by atoms with E-state index in [4.69, 9.17) is 0 Å². The second kappa shape index (κ2) is 10.6. The molecule has 0 aromatic rings. The molecule has 0 aliphatic rings. The van der Waals surface area contributed by atoms with E-state index >= 15 is 0 Å². The Balaban J connectivity index is -0.000000411. The third-order valence-corrected chi connectivity index (χ3v) is 4.13. The molecule has 0 spiro atoms. The monoisotopic (exact) mass is 430 g/mol. The van der Waals surface area contributed by atoms with E-state index in [2.05, 4.69) is 0 Å². The van der Waals surface area contributed by atoms with Gasteiger partial charge in [0.15, 0.2) is 12.8 Å². The zero-order valence-electron chi connectivity index (χ0n) is 19.5. The summed E-state index contributed by atoms with van der Waals surface area (Å²) in [5.74, 6) is 1.33. The van der Waals surface area contributed by atoms with Crippen molar-refractivity contribution in [3.63, 3.8) is 0 Å². The van der Waals surface area contributed by atoms with Crippen LogP contribution in [-0.2, 0) is 16.5 Å². The van der Waals surface area contributed by atoms with E-state index < -0.39 is 0 Å². The van der Waals surface area contributed by atoms with Crippen LogP contribution in [0.3, 0.4) is 0 Å². The van der Waals surface area contributed by atoms with Crippen LogP contribution in [0.25, 0.3) is 0 Å². The molecule has 0 saturated carbocycles. The van der Waals surface area contributed by atoms with Crippen LogP contribution in [-0.4, -0.2) is 42.3 Å². The Morgan fingerprint density at radius 3 is 0.593 bits per heavy atom. The van der Waals surface area contributed by atoms with Gasteiger partial charge in [-0.1, -0.05) is 0 Å². The summed E-state index contributed by atoms with van der Waals surface area (Å²) in [6.07, 6.45) is 0.569. The van der Waals surface area contributed by atoms with E-state index in [-0.39, 0.29) is 51.0 Å². The summed E-state index contributed by atoms with van der Waals surface area (Å²) in [4.78, 5) is 38.6. The van der Waals surface area contributed by atoms with Gasteiger partial charge in [0.05, 0.1) is 21.7 Å². The summed E-state index contributed by atoms with van der Waals surface area (Å²) in [7, 11) is 0. The van der Waals surface area contributed by atoms with E-state index in [0.717, 1.165) is 0 Å². The predicted molar refractivity (Wildman–Crippen MR) is 115 cm³/mol. The summed E-state index contributed by atoms with van der Waals surface area (Å²) in [5, 5.41) is 0. The van der Waals surface area contributed by atoms with Crippen molar-refractivity contribution in [2.75, 3.05) is 0 Å². The second-order valence-electron chi connectivity index (χ2n) is 11.1. The van der Waals surface area contributed by atoms with Crippen LogP contribution >= 0.6 is 0 Å². The van der Waals surface area contributed by atoms with Gasteiger partial charge in [-0.25, -0.2) is 0 Å². The number of carbonyl (C=O) groups excluding carboxylic acids is 4. The standard InChI is InChI=1S/2C11H20O2.Ni/c2*1-10(2,3)8(12)7-9(13)11(4,5)6;/h2*7H2,1-6H3;/p+4. The van der Waals surface area contributed by atoms with Gasteiger partial charge in [-0.2, -0.15) is 0 Å². The summed E-state index contributed by atoms with van der Waals surface area (Å²) < 4.78 is 0. The molecule has 0 atom stereocenters. The molecule has 0 heterocycles. The number of rotatable bonds is 4. The van der Waals surface area contributed by atoms with Gasteiger partial charge >= 0.3 is 23.1 Å². The molecule has 162 valence electrons. The first-order chi connectivity index (χ1) is 11.1. The normalized spacial score (nSPS) is 12.3. The number of ketones is 4. The molecule has 0 rings (SSSR count). The van der Waals surface area contributed by atoms with Crippen molar-refractivity contribution >= 4 is 23.1 Å². The molecule has 0 aliphatic heterocycles. The van der Waals surface area contributed by atoms with Gasteiger partial charge in [0.1, 0.15) is 0 Å². The van der Waals surface area contributed by atoms with Gasteiger partial charge in [0.2, 0.25) is 0 Å². The molecule has 5 heteroatoms. The molecule has 0 aromatic heterocycles. The topological polar surface area (TPSA) is 85.6 Å². The minimum absolute atomic E-state index is 0. The minimum atomic E-state index is -0.251.